The summed E-state index contributed by atoms with van der Waals surface area (Å²) in [5.74, 6) is 0. The highest BCUT2D eigenvalue weighted by Gasteiger charge is 2.02. The van der Waals surface area contributed by atoms with Gasteiger partial charge in [-0.05, 0) is 24.8 Å². The number of ether oxygens (including phenoxy) is 1. The van der Waals surface area contributed by atoms with Gasteiger partial charge < -0.3 is 15.8 Å². The second-order valence-electron chi connectivity index (χ2n) is 5.71. The maximum absolute atomic E-state index is 11.5. The molecule has 1 aromatic carbocycles. The van der Waals surface area contributed by atoms with Gasteiger partial charge in [0, 0.05) is 12.6 Å². The highest BCUT2D eigenvalue weighted by Crippen LogP contribution is 2.07. The summed E-state index contributed by atoms with van der Waals surface area (Å²) in [5.41, 5.74) is 6.88. The molecule has 0 aliphatic carbocycles. The Balaban J connectivity index is 1.91. The van der Waals surface area contributed by atoms with Crippen LogP contribution in [0.15, 0.2) is 30.3 Å². The molecule has 1 atom stereocenters. The fourth-order valence-corrected chi connectivity index (χ4v) is 2.23. The van der Waals surface area contributed by atoms with Crippen LogP contribution in [0.25, 0.3) is 0 Å². The molecule has 4 heteroatoms. The number of alkyl carbamates (subject to hydrolysis) is 1. The van der Waals surface area contributed by atoms with Crippen LogP contribution in [0, 0.1) is 0 Å². The van der Waals surface area contributed by atoms with Crippen LogP contribution in [0.5, 0.6) is 0 Å². The SMILES string of the molecule is CCC(N)CCCCCCCNC(=O)OCc1ccccc1. The zero-order valence-corrected chi connectivity index (χ0v) is 13.7. The lowest BCUT2D eigenvalue weighted by Crippen LogP contribution is -2.25. The molecule has 1 unspecified atom stereocenters. The molecule has 124 valence electrons. The molecule has 4 nitrogen and oxygen atoms in total. The summed E-state index contributed by atoms with van der Waals surface area (Å²) in [5, 5.41) is 2.79. The zero-order chi connectivity index (χ0) is 16.0. The van der Waals surface area contributed by atoms with Gasteiger partial charge in [0.2, 0.25) is 0 Å². The second-order valence-corrected chi connectivity index (χ2v) is 5.71. The van der Waals surface area contributed by atoms with Crippen LogP contribution in [-0.4, -0.2) is 18.7 Å². The van der Waals surface area contributed by atoms with Gasteiger partial charge in [0.25, 0.3) is 0 Å². The van der Waals surface area contributed by atoms with Gasteiger partial charge in [-0.25, -0.2) is 4.79 Å². The van der Waals surface area contributed by atoms with Crippen LogP contribution in [0.2, 0.25) is 0 Å². The normalized spacial score (nSPS) is 11.9. The first-order chi connectivity index (χ1) is 10.7. The van der Waals surface area contributed by atoms with Gasteiger partial charge >= 0.3 is 6.09 Å². The van der Waals surface area contributed by atoms with E-state index in [-0.39, 0.29) is 6.09 Å². The number of amides is 1. The van der Waals surface area contributed by atoms with Crippen LogP contribution < -0.4 is 11.1 Å². The number of rotatable bonds is 11. The van der Waals surface area contributed by atoms with E-state index >= 15 is 0 Å². The molecule has 0 spiro atoms. The maximum atomic E-state index is 11.5. The number of unbranched alkanes of at least 4 members (excludes halogenated alkanes) is 4. The summed E-state index contributed by atoms with van der Waals surface area (Å²) in [6, 6.07) is 10.1. The van der Waals surface area contributed by atoms with Crippen molar-refractivity contribution in [2.45, 2.75) is 64.5 Å². The standard InChI is InChI=1S/C18H30N2O2/c1-2-17(19)13-9-4-3-5-10-14-20-18(21)22-15-16-11-7-6-8-12-16/h6-8,11-12,17H,2-5,9-10,13-15,19H2,1H3,(H,20,21). The van der Waals surface area contributed by atoms with E-state index < -0.39 is 0 Å². The van der Waals surface area contributed by atoms with Gasteiger partial charge in [-0.2, -0.15) is 0 Å². The molecule has 0 aromatic heterocycles. The zero-order valence-electron chi connectivity index (χ0n) is 13.7. The minimum absolute atomic E-state index is 0.324. The molecule has 0 aliphatic heterocycles. The van der Waals surface area contributed by atoms with Crippen molar-refractivity contribution < 1.29 is 9.53 Å². The first kappa shape index (κ1) is 18.5. The summed E-state index contributed by atoms with van der Waals surface area (Å²) in [7, 11) is 0. The van der Waals surface area contributed by atoms with Gasteiger partial charge in [0.15, 0.2) is 0 Å². The van der Waals surface area contributed by atoms with Gasteiger partial charge in [-0.15, -0.1) is 0 Å². The number of benzene rings is 1. The number of hydrogen-bond donors (Lipinski definition) is 2. The van der Waals surface area contributed by atoms with E-state index in [9.17, 15) is 4.79 Å². The molecule has 0 fully saturated rings. The van der Waals surface area contributed by atoms with Crippen molar-refractivity contribution in [3.63, 3.8) is 0 Å². The number of nitrogens with two attached hydrogens (primary N) is 1. The quantitative estimate of drug-likeness (QED) is 0.608. The molecule has 1 rings (SSSR count). The molecule has 3 N–H and O–H groups in total. The minimum Gasteiger partial charge on any atom is -0.445 e. The van der Waals surface area contributed by atoms with E-state index in [1.54, 1.807) is 0 Å². The Kier molecular flexibility index (Phi) is 10.1. The van der Waals surface area contributed by atoms with E-state index in [0.29, 0.717) is 19.2 Å². The van der Waals surface area contributed by atoms with Crippen molar-refractivity contribution in [3.05, 3.63) is 35.9 Å². The monoisotopic (exact) mass is 306 g/mol. The van der Waals surface area contributed by atoms with Crippen LogP contribution in [0.3, 0.4) is 0 Å². The van der Waals surface area contributed by atoms with E-state index in [1.807, 2.05) is 30.3 Å². The maximum Gasteiger partial charge on any atom is 0.407 e. The topological polar surface area (TPSA) is 64.3 Å². The average Bonchev–Trinajstić information content (AvgIpc) is 2.56. The summed E-state index contributed by atoms with van der Waals surface area (Å²) in [6.07, 6.45) is 7.64. The van der Waals surface area contributed by atoms with Gasteiger partial charge in [-0.1, -0.05) is 62.9 Å². The van der Waals surface area contributed by atoms with Crippen molar-refractivity contribution in [3.8, 4) is 0 Å². The van der Waals surface area contributed by atoms with Crippen LogP contribution >= 0.6 is 0 Å². The molecule has 22 heavy (non-hydrogen) atoms. The van der Waals surface area contributed by atoms with Crippen molar-refractivity contribution >= 4 is 6.09 Å². The third kappa shape index (κ3) is 9.40. The Morgan fingerprint density at radius 3 is 2.55 bits per heavy atom. The van der Waals surface area contributed by atoms with Gasteiger partial charge in [0.05, 0.1) is 0 Å². The molecule has 0 bridgehead atoms. The Morgan fingerprint density at radius 1 is 1.14 bits per heavy atom. The lowest BCUT2D eigenvalue weighted by Gasteiger charge is -2.08. The number of nitrogens with one attached hydrogen (secondary N) is 1. The highest BCUT2D eigenvalue weighted by atomic mass is 16.5. The molecular formula is C18H30N2O2. The summed E-state index contributed by atoms with van der Waals surface area (Å²) < 4.78 is 5.15. The van der Waals surface area contributed by atoms with E-state index in [2.05, 4.69) is 12.2 Å². The molecule has 1 aromatic rings. The molecule has 0 aliphatic rings. The third-order valence-corrected chi connectivity index (χ3v) is 3.76. The Hall–Kier alpha value is -1.55. The second kappa shape index (κ2) is 12.0. The van der Waals surface area contributed by atoms with E-state index in [4.69, 9.17) is 10.5 Å². The summed E-state index contributed by atoms with van der Waals surface area (Å²) in [6.45, 7) is 3.14. The average molecular weight is 306 g/mol. The first-order valence-corrected chi connectivity index (χ1v) is 8.42. The predicted molar refractivity (Wildman–Crippen MR) is 90.6 cm³/mol. The Labute approximate surface area is 134 Å². The summed E-state index contributed by atoms with van der Waals surface area (Å²) in [4.78, 5) is 11.5. The third-order valence-electron chi connectivity index (χ3n) is 3.76. The predicted octanol–water partition coefficient (Wildman–Crippen LogP) is 3.99. The first-order valence-electron chi connectivity index (χ1n) is 8.42. The highest BCUT2D eigenvalue weighted by molar-refractivity contribution is 5.67. The fourth-order valence-electron chi connectivity index (χ4n) is 2.23. The number of hydrogen-bond acceptors (Lipinski definition) is 3. The van der Waals surface area contributed by atoms with Gasteiger partial charge in [0.1, 0.15) is 6.61 Å². The molecule has 0 radical (unpaired) electrons. The lowest BCUT2D eigenvalue weighted by molar-refractivity contribution is 0.139. The van der Waals surface area contributed by atoms with Crippen LogP contribution in [-0.2, 0) is 11.3 Å². The molecule has 0 heterocycles. The lowest BCUT2D eigenvalue weighted by atomic mass is 10.1. The van der Waals surface area contributed by atoms with Crippen LogP contribution in [0.4, 0.5) is 4.79 Å². The van der Waals surface area contributed by atoms with Crippen molar-refractivity contribution in [1.82, 2.24) is 5.32 Å². The number of carbonyl (C=O) groups is 1. The fraction of sp³-hybridized carbons (Fsp3) is 0.611. The summed E-state index contributed by atoms with van der Waals surface area (Å²) >= 11 is 0. The number of carbonyl (C=O) groups excluding carboxylic acids is 1. The minimum atomic E-state index is -0.335. The van der Waals surface area contributed by atoms with Crippen LogP contribution in [0.1, 0.15) is 57.4 Å². The van der Waals surface area contributed by atoms with E-state index in [0.717, 1.165) is 31.2 Å². The van der Waals surface area contributed by atoms with Gasteiger partial charge in [-0.3, -0.25) is 0 Å². The van der Waals surface area contributed by atoms with Crippen molar-refractivity contribution in [2.24, 2.45) is 5.73 Å². The van der Waals surface area contributed by atoms with E-state index in [1.165, 1.54) is 19.3 Å². The molecular weight excluding hydrogens is 276 g/mol. The molecule has 0 saturated carbocycles. The Morgan fingerprint density at radius 2 is 1.82 bits per heavy atom. The van der Waals surface area contributed by atoms with Crippen molar-refractivity contribution in [1.29, 1.82) is 0 Å². The van der Waals surface area contributed by atoms with Crippen molar-refractivity contribution in [2.75, 3.05) is 6.54 Å². The molecule has 1 amide bonds. The Bertz CT molecular complexity index is 395. The largest absolute Gasteiger partial charge is 0.445 e. The smallest absolute Gasteiger partial charge is 0.407 e. The molecule has 0 saturated heterocycles.